The highest BCUT2D eigenvalue weighted by atomic mass is 35.5. The Balaban J connectivity index is 2.05. The van der Waals surface area contributed by atoms with Crippen molar-refractivity contribution >= 4 is 50.7 Å². The van der Waals surface area contributed by atoms with Crippen molar-refractivity contribution in [2.45, 2.75) is 45.3 Å². The van der Waals surface area contributed by atoms with E-state index in [1.807, 2.05) is 74.5 Å². The van der Waals surface area contributed by atoms with Crippen molar-refractivity contribution in [3.05, 3.63) is 100 Å². The molecule has 0 saturated carbocycles. The number of sulfonamides is 1. The van der Waals surface area contributed by atoms with Gasteiger partial charge in [0.25, 0.3) is 0 Å². The topological polar surface area (TPSA) is 86.8 Å². The zero-order valence-corrected chi connectivity index (χ0v) is 24.5. The van der Waals surface area contributed by atoms with Gasteiger partial charge in [0, 0.05) is 19.0 Å². The lowest BCUT2D eigenvalue weighted by atomic mass is 10.0. The minimum absolute atomic E-state index is 0.104. The van der Waals surface area contributed by atoms with Crippen LogP contribution in [0.25, 0.3) is 0 Å². The van der Waals surface area contributed by atoms with E-state index in [-0.39, 0.29) is 40.6 Å². The number of rotatable bonds is 12. The Labute approximate surface area is 240 Å². The first-order valence-corrected chi connectivity index (χ1v) is 15.2. The molecule has 0 saturated heterocycles. The lowest BCUT2D eigenvalue weighted by Gasteiger charge is -2.34. The van der Waals surface area contributed by atoms with Crippen molar-refractivity contribution in [2.24, 2.45) is 0 Å². The van der Waals surface area contributed by atoms with Gasteiger partial charge < -0.3 is 10.2 Å². The van der Waals surface area contributed by atoms with E-state index in [2.05, 4.69) is 5.32 Å². The fraction of sp³-hybridized carbons (Fsp3) is 0.310. The highest BCUT2D eigenvalue weighted by Crippen LogP contribution is 2.29. The predicted octanol–water partition coefficient (Wildman–Crippen LogP) is 5.31. The van der Waals surface area contributed by atoms with Gasteiger partial charge in [-0.1, -0.05) is 90.8 Å². The lowest BCUT2D eigenvalue weighted by molar-refractivity contribution is -0.140. The zero-order valence-electron chi connectivity index (χ0n) is 22.2. The molecular weight excluding hydrogens is 557 g/mol. The van der Waals surface area contributed by atoms with Crippen molar-refractivity contribution in [1.29, 1.82) is 0 Å². The van der Waals surface area contributed by atoms with Crippen LogP contribution in [0.15, 0.2) is 78.9 Å². The Morgan fingerprint density at radius 2 is 1.49 bits per heavy atom. The van der Waals surface area contributed by atoms with Gasteiger partial charge >= 0.3 is 0 Å². The van der Waals surface area contributed by atoms with Crippen molar-refractivity contribution < 1.29 is 18.0 Å². The van der Waals surface area contributed by atoms with Gasteiger partial charge in [0.05, 0.1) is 22.0 Å². The molecule has 3 aromatic rings. The fourth-order valence-electron chi connectivity index (χ4n) is 4.03. The Morgan fingerprint density at radius 1 is 0.897 bits per heavy atom. The third kappa shape index (κ3) is 8.71. The number of hydrogen-bond acceptors (Lipinski definition) is 4. The largest absolute Gasteiger partial charge is 0.352 e. The van der Waals surface area contributed by atoms with Crippen molar-refractivity contribution in [2.75, 3.05) is 17.1 Å². The summed E-state index contributed by atoms with van der Waals surface area (Å²) < 4.78 is 26.6. The molecule has 0 radical (unpaired) electrons. The van der Waals surface area contributed by atoms with Gasteiger partial charge in [-0.2, -0.15) is 0 Å². The summed E-state index contributed by atoms with van der Waals surface area (Å²) in [5.74, 6) is -0.839. The second-order valence-corrected chi connectivity index (χ2v) is 12.1. The van der Waals surface area contributed by atoms with Crippen molar-refractivity contribution in [3.63, 3.8) is 0 Å². The van der Waals surface area contributed by atoms with Gasteiger partial charge in [-0.15, -0.1) is 0 Å². The summed E-state index contributed by atoms with van der Waals surface area (Å²) in [6.07, 6.45) is 1.99. The normalized spacial score (nSPS) is 12.8. The molecule has 0 spiro atoms. The Kier molecular flexibility index (Phi) is 10.8. The molecule has 1 N–H and O–H groups in total. The number of nitrogens with zero attached hydrogens (tertiary/aromatic N) is 2. The van der Waals surface area contributed by atoms with Crippen LogP contribution in [0.1, 0.15) is 31.4 Å². The Morgan fingerprint density at radius 3 is 2.03 bits per heavy atom. The number of carbonyl (C=O) groups is 2. The molecule has 0 aliphatic rings. The highest BCUT2D eigenvalue weighted by molar-refractivity contribution is 7.92. The molecule has 0 aliphatic carbocycles. The Hall–Kier alpha value is -3.07. The van der Waals surface area contributed by atoms with E-state index >= 15 is 0 Å². The lowest BCUT2D eigenvalue weighted by Crippen LogP contribution is -2.54. The molecule has 2 amide bonds. The SMILES string of the molecule is CCC(C)NC(=O)C(Cc1ccccc1)N(Cc1ccccc1)C(=O)CN(c1ccc(Cl)c(Cl)c1)S(C)(=O)=O. The number of halogens is 2. The fourth-order valence-corrected chi connectivity index (χ4v) is 5.16. The van der Waals surface area contributed by atoms with Gasteiger partial charge in [-0.05, 0) is 42.7 Å². The zero-order chi connectivity index (χ0) is 28.6. The number of hydrogen-bond donors (Lipinski definition) is 1. The molecule has 0 heterocycles. The van der Waals surface area contributed by atoms with Gasteiger partial charge in [0.2, 0.25) is 21.8 Å². The first-order chi connectivity index (χ1) is 18.5. The van der Waals surface area contributed by atoms with E-state index in [9.17, 15) is 18.0 Å². The summed E-state index contributed by atoms with van der Waals surface area (Å²) in [6.45, 7) is 3.46. The van der Waals surface area contributed by atoms with Crippen LogP contribution in [-0.2, 0) is 32.6 Å². The monoisotopic (exact) mass is 589 g/mol. The van der Waals surface area contributed by atoms with Crippen LogP contribution in [0.3, 0.4) is 0 Å². The van der Waals surface area contributed by atoms with Crippen LogP contribution in [-0.4, -0.2) is 50.0 Å². The van der Waals surface area contributed by atoms with Crippen LogP contribution in [0.2, 0.25) is 10.0 Å². The molecule has 2 unspecified atom stereocenters. The maximum absolute atomic E-state index is 14.0. The molecule has 3 aromatic carbocycles. The summed E-state index contributed by atoms with van der Waals surface area (Å²) in [4.78, 5) is 29.1. The van der Waals surface area contributed by atoms with Crippen LogP contribution >= 0.6 is 23.2 Å². The number of nitrogens with one attached hydrogen (secondary N) is 1. The molecule has 0 bridgehead atoms. The standard InChI is InChI=1S/C29H33Cl2N3O4S/c1-4-21(2)32-29(36)27(17-22-11-7-5-8-12-22)33(19-23-13-9-6-10-14-23)28(35)20-34(39(3,37)38)24-15-16-25(30)26(31)18-24/h5-16,18,21,27H,4,17,19-20H2,1-3H3,(H,32,36). The second kappa shape index (κ2) is 13.8. The number of carbonyl (C=O) groups excluding carboxylic acids is 2. The van der Waals surface area contributed by atoms with E-state index in [0.717, 1.165) is 28.1 Å². The molecule has 208 valence electrons. The summed E-state index contributed by atoms with van der Waals surface area (Å²) in [7, 11) is -3.89. The minimum atomic E-state index is -3.89. The average Bonchev–Trinajstić information content (AvgIpc) is 2.91. The van der Waals surface area contributed by atoms with Crippen LogP contribution in [0, 0.1) is 0 Å². The van der Waals surface area contributed by atoms with Crippen molar-refractivity contribution in [1.82, 2.24) is 10.2 Å². The average molecular weight is 591 g/mol. The van der Waals surface area contributed by atoms with E-state index in [1.165, 1.54) is 23.1 Å². The third-order valence-electron chi connectivity index (χ3n) is 6.34. The Bertz CT molecular complexity index is 1370. The first-order valence-electron chi connectivity index (χ1n) is 12.6. The summed E-state index contributed by atoms with van der Waals surface area (Å²) in [6, 6.07) is 22.1. The number of amides is 2. The first kappa shape index (κ1) is 30.5. The van der Waals surface area contributed by atoms with E-state index in [1.54, 1.807) is 0 Å². The molecule has 0 fully saturated rings. The molecular formula is C29H33Cl2N3O4S. The smallest absolute Gasteiger partial charge is 0.244 e. The van der Waals surface area contributed by atoms with Crippen LogP contribution in [0.5, 0.6) is 0 Å². The van der Waals surface area contributed by atoms with Gasteiger partial charge in [0.15, 0.2) is 0 Å². The van der Waals surface area contributed by atoms with Crippen LogP contribution < -0.4 is 9.62 Å². The molecule has 0 aliphatic heterocycles. The summed E-state index contributed by atoms with van der Waals surface area (Å²) >= 11 is 12.2. The van der Waals surface area contributed by atoms with Gasteiger partial charge in [-0.25, -0.2) is 8.42 Å². The molecule has 3 rings (SSSR count). The molecule has 2 atom stereocenters. The van der Waals surface area contributed by atoms with Crippen molar-refractivity contribution in [3.8, 4) is 0 Å². The third-order valence-corrected chi connectivity index (χ3v) is 8.22. The number of benzene rings is 3. The maximum Gasteiger partial charge on any atom is 0.244 e. The maximum atomic E-state index is 14.0. The highest BCUT2D eigenvalue weighted by Gasteiger charge is 2.33. The molecule has 0 aromatic heterocycles. The molecule has 39 heavy (non-hydrogen) atoms. The van der Waals surface area contributed by atoms with E-state index in [0.29, 0.717) is 0 Å². The van der Waals surface area contributed by atoms with E-state index in [4.69, 9.17) is 23.2 Å². The minimum Gasteiger partial charge on any atom is -0.352 e. The quantitative estimate of drug-likeness (QED) is 0.310. The molecule has 7 nitrogen and oxygen atoms in total. The number of anilines is 1. The summed E-state index contributed by atoms with van der Waals surface area (Å²) in [5.41, 5.74) is 1.88. The second-order valence-electron chi connectivity index (χ2n) is 9.40. The van der Waals surface area contributed by atoms with Gasteiger partial charge in [0.1, 0.15) is 12.6 Å². The molecule has 10 heteroatoms. The van der Waals surface area contributed by atoms with E-state index < -0.39 is 28.5 Å². The van der Waals surface area contributed by atoms with Crippen LogP contribution in [0.4, 0.5) is 5.69 Å². The predicted molar refractivity (Wildman–Crippen MR) is 157 cm³/mol. The van der Waals surface area contributed by atoms with Gasteiger partial charge in [-0.3, -0.25) is 13.9 Å². The summed E-state index contributed by atoms with van der Waals surface area (Å²) in [5, 5.41) is 3.42.